The number of rotatable bonds is 5. The Kier molecular flexibility index (Phi) is 6.22. The van der Waals surface area contributed by atoms with E-state index in [1.807, 2.05) is 36.1 Å². The molecule has 1 aliphatic heterocycles. The quantitative estimate of drug-likeness (QED) is 0.878. The average molecular weight is 365 g/mol. The molecule has 142 valence electrons. The third kappa shape index (κ3) is 4.73. The SMILES string of the molecule is CCC1CCCCN1C(=O)c1cccc(C(=O)NCc2cccc(C)c2)n1. The normalized spacial score (nSPS) is 16.8. The highest BCUT2D eigenvalue weighted by Crippen LogP contribution is 2.21. The van der Waals surface area contributed by atoms with Crippen molar-refractivity contribution in [1.29, 1.82) is 0 Å². The van der Waals surface area contributed by atoms with E-state index in [0.29, 0.717) is 12.2 Å². The van der Waals surface area contributed by atoms with E-state index in [4.69, 9.17) is 0 Å². The minimum atomic E-state index is -0.267. The van der Waals surface area contributed by atoms with Crippen molar-refractivity contribution in [2.75, 3.05) is 6.54 Å². The number of hydrogen-bond donors (Lipinski definition) is 1. The predicted octanol–water partition coefficient (Wildman–Crippen LogP) is 3.72. The minimum Gasteiger partial charge on any atom is -0.347 e. The second kappa shape index (κ2) is 8.80. The Labute approximate surface area is 160 Å². The molecule has 1 N–H and O–H groups in total. The van der Waals surface area contributed by atoms with Crippen LogP contribution in [0.4, 0.5) is 0 Å². The Morgan fingerprint density at radius 2 is 1.93 bits per heavy atom. The van der Waals surface area contributed by atoms with Crippen molar-refractivity contribution in [3.8, 4) is 0 Å². The summed E-state index contributed by atoms with van der Waals surface area (Å²) >= 11 is 0. The highest BCUT2D eigenvalue weighted by molar-refractivity contribution is 5.96. The molecule has 0 saturated carbocycles. The average Bonchev–Trinajstić information content (AvgIpc) is 2.71. The number of nitrogens with one attached hydrogen (secondary N) is 1. The van der Waals surface area contributed by atoms with Crippen molar-refractivity contribution >= 4 is 11.8 Å². The van der Waals surface area contributed by atoms with E-state index < -0.39 is 0 Å². The van der Waals surface area contributed by atoms with Crippen LogP contribution in [-0.4, -0.2) is 34.3 Å². The number of carbonyl (C=O) groups excluding carboxylic acids is 2. The van der Waals surface area contributed by atoms with Gasteiger partial charge in [-0.25, -0.2) is 4.98 Å². The van der Waals surface area contributed by atoms with Crippen LogP contribution in [0.3, 0.4) is 0 Å². The van der Waals surface area contributed by atoms with Crippen LogP contribution < -0.4 is 5.32 Å². The molecule has 1 aliphatic rings. The second-order valence-corrected chi connectivity index (χ2v) is 7.14. The lowest BCUT2D eigenvalue weighted by molar-refractivity contribution is 0.0602. The number of amides is 2. The van der Waals surface area contributed by atoms with Crippen LogP contribution in [0, 0.1) is 6.92 Å². The van der Waals surface area contributed by atoms with Crippen LogP contribution in [0.25, 0.3) is 0 Å². The molecule has 5 nitrogen and oxygen atoms in total. The number of hydrogen-bond acceptors (Lipinski definition) is 3. The molecule has 1 aromatic carbocycles. The molecule has 5 heteroatoms. The third-order valence-corrected chi connectivity index (χ3v) is 5.10. The van der Waals surface area contributed by atoms with E-state index in [1.54, 1.807) is 18.2 Å². The van der Waals surface area contributed by atoms with Gasteiger partial charge in [-0.15, -0.1) is 0 Å². The molecule has 1 aromatic heterocycles. The van der Waals surface area contributed by atoms with Crippen molar-refractivity contribution in [3.05, 3.63) is 65.0 Å². The number of likely N-dealkylation sites (tertiary alicyclic amines) is 1. The van der Waals surface area contributed by atoms with Crippen molar-refractivity contribution in [3.63, 3.8) is 0 Å². The maximum atomic E-state index is 12.9. The largest absolute Gasteiger partial charge is 0.347 e. The fraction of sp³-hybridized carbons (Fsp3) is 0.409. The number of nitrogens with zero attached hydrogens (tertiary/aromatic N) is 2. The number of aromatic nitrogens is 1. The maximum absolute atomic E-state index is 12.9. The molecule has 2 amide bonds. The van der Waals surface area contributed by atoms with Crippen molar-refractivity contribution in [2.24, 2.45) is 0 Å². The fourth-order valence-electron chi connectivity index (χ4n) is 3.61. The molecule has 0 aliphatic carbocycles. The lowest BCUT2D eigenvalue weighted by Crippen LogP contribution is -2.43. The van der Waals surface area contributed by atoms with Gasteiger partial charge in [0, 0.05) is 19.1 Å². The lowest BCUT2D eigenvalue weighted by Gasteiger charge is -2.35. The van der Waals surface area contributed by atoms with Gasteiger partial charge in [0.05, 0.1) is 0 Å². The smallest absolute Gasteiger partial charge is 0.272 e. The van der Waals surface area contributed by atoms with Gasteiger partial charge in [0.25, 0.3) is 11.8 Å². The summed E-state index contributed by atoms with van der Waals surface area (Å²) < 4.78 is 0. The predicted molar refractivity (Wildman–Crippen MR) is 106 cm³/mol. The van der Waals surface area contributed by atoms with Crippen molar-refractivity contribution in [1.82, 2.24) is 15.2 Å². The zero-order chi connectivity index (χ0) is 19.2. The molecule has 0 radical (unpaired) electrons. The summed E-state index contributed by atoms with van der Waals surface area (Å²) in [6, 6.07) is 13.3. The number of aryl methyl sites for hydroxylation is 1. The van der Waals surface area contributed by atoms with E-state index >= 15 is 0 Å². The van der Waals surface area contributed by atoms with Crippen LogP contribution in [0.5, 0.6) is 0 Å². The third-order valence-electron chi connectivity index (χ3n) is 5.10. The standard InChI is InChI=1S/C22H27N3O2/c1-3-18-10-4-5-13-25(18)22(27)20-12-7-11-19(24-20)21(26)23-15-17-9-6-8-16(2)14-17/h6-9,11-12,14,18H,3-5,10,13,15H2,1-2H3,(H,23,26). The van der Waals surface area contributed by atoms with E-state index in [1.165, 1.54) is 0 Å². The Morgan fingerprint density at radius 1 is 1.15 bits per heavy atom. The minimum absolute atomic E-state index is 0.0742. The van der Waals surface area contributed by atoms with Crippen LogP contribution in [0.2, 0.25) is 0 Å². The first kappa shape index (κ1) is 19.1. The Bertz CT molecular complexity index is 819. The summed E-state index contributed by atoms with van der Waals surface area (Å²) in [5.74, 6) is -0.341. The lowest BCUT2D eigenvalue weighted by atomic mass is 9.99. The topological polar surface area (TPSA) is 62.3 Å². The second-order valence-electron chi connectivity index (χ2n) is 7.14. The maximum Gasteiger partial charge on any atom is 0.272 e. The Balaban J connectivity index is 1.69. The van der Waals surface area contributed by atoms with Gasteiger partial charge in [-0.2, -0.15) is 0 Å². The zero-order valence-electron chi connectivity index (χ0n) is 16.1. The van der Waals surface area contributed by atoms with Crippen molar-refractivity contribution in [2.45, 2.75) is 52.1 Å². The summed E-state index contributed by atoms with van der Waals surface area (Å²) in [4.78, 5) is 31.6. The first-order valence-electron chi connectivity index (χ1n) is 9.70. The van der Waals surface area contributed by atoms with Gasteiger partial charge in [0.2, 0.25) is 0 Å². The highest BCUT2D eigenvalue weighted by atomic mass is 16.2. The fourth-order valence-corrected chi connectivity index (χ4v) is 3.61. The highest BCUT2D eigenvalue weighted by Gasteiger charge is 2.27. The first-order valence-corrected chi connectivity index (χ1v) is 9.70. The van der Waals surface area contributed by atoms with Gasteiger partial charge in [-0.3, -0.25) is 9.59 Å². The summed E-state index contributed by atoms with van der Waals surface area (Å²) in [5.41, 5.74) is 2.81. The van der Waals surface area contributed by atoms with E-state index in [-0.39, 0.29) is 23.6 Å². The molecular weight excluding hydrogens is 338 g/mol. The summed E-state index contributed by atoms with van der Waals surface area (Å²) in [7, 11) is 0. The number of piperidine rings is 1. The van der Waals surface area contributed by atoms with Crippen LogP contribution in [0.1, 0.15) is 64.7 Å². The van der Waals surface area contributed by atoms with Gasteiger partial charge in [0.1, 0.15) is 11.4 Å². The van der Waals surface area contributed by atoms with Gasteiger partial charge in [-0.05, 0) is 50.3 Å². The molecular formula is C22H27N3O2. The number of pyridine rings is 1. The van der Waals surface area contributed by atoms with E-state index in [9.17, 15) is 9.59 Å². The molecule has 2 heterocycles. The van der Waals surface area contributed by atoms with Crippen molar-refractivity contribution < 1.29 is 9.59 Å². The van der Waals surface area contributed by atoms with Gasteiger partial charge in [-0.1, -0.05) is 42.8 Å². The molecule has 3 rings (SSSR count). The summed E-state index contributed by atoms with van der Waals surface area (Å²) in [6.45, 7) is 5.33. The monoisotopic (exact) mass is 365 g/mol. The molecule has 1 saturated heterocycles. The number of carbonyl (C=O) groups is 2. The Hall–Kier alpha value is -2.69. The zero-order valence-corrected chi connectivity index (χ0v) is 16.1. The summed E-state index contributed by atoms with van der Waals surface area (Å²) in [6.07, 6.45) is 4.18. The van der Waals surface area contributed by atoms with Gasteiger partial charge < -0.3 is 10.2 Å². The van der Waals surface area contributed by atoms with E-state index in [0.717, 1.165) is 43.4 Å². The number of benzene rings is 1. The molecule has 2 aromatic rings. The molecule has 0 bridgehead atoms. The van der Waals surface area contributed by atoms with Gasteiger partial charge in [0.15, 0.2) is 0 Å². The van der Waals surface area contributed by atoms with Crippen LogP contribution >= 0.6 is 0 Å². The van der Waals surface area contributed by atoms with Crippen LogP contribution in [-0.2, 0) is 6.54 Å². The molecule has 27 heavy (non-hydrogen) atoms. The molecule has 1 unspecified atom stereocenters. The van der Waals surface area contributed by atoms with E-state index in [2.05, 4.69) is 17.2 Å². The van der Waals surface area contributed by atoms with Crippen LogP contribution in [0.15, 0.2) is 42.5 Å². The first-order chi connectivity index (χ1) is 13.1. The molecule has 1 atom stereocenters. The van der Waals surface area contributed by atoms with Gasteiger partial charge >= 0.3 is 0 Å². The molecule has 1 fully saturated rings. The Morgan fingerprint density at radius 3 is 2.70 bits per heavy atom. The summed E-state index contributed by atoms with van der Waals surface area (Å²) in [5, 5.41) is 2.88. The molecule has 0 spiro atoms.